The molecule has 1 saturated heterocycles. The molecule has 3 atom stereocenters. The lowest BCUT2D eigenvalue weighted by Gasteiger charge is -2.41. The molecule has 3 aliphatic rings. The van der Waals surface area contributed by atoms with Gasteiger partial charge in [-0.3, -0.25) is 0 Å². The zero-order chi connectivity index (χ0) is 22.9. The predicted octanol–water partition coefficient (Wildman–Crippen LogP) is 5.93. The Morgan fingerprint density at radius 3 is 2.45 bits per heavy atom. The van der Waals surface area contributed by atoms with Crippen LogP contribution in [0.5, 0.6) is 0 Å². The SMILES string of the molecule is CC1(C)[C@H]2CC[C@@]13CS(=O)(=O)N(/C(=C/Cc1ccccc1)O[Si](C)(C)C(C)(C)C)[C@H]3C2. The monoisotopic (exact) mass is 461 g/mol. The van der Waals surface area contributed by atoms with Crippen molar-refractivity contribution in [2.45, 2.75) is 84.5 Å². The first-order chi connectivity index (χ1) is 14.2. The molecule has 1 aliphatic heterocycles. The highest BCUT2D eigenvalue weighted by molar-refractivity contribution is 7.89. The molecule has 0 N–H and O–H groups in total. The van der Waals surface area contributed by atoms with E-state index in [0.29, 0.717) is 18.2 Å². The maximum Gasteiger partial charge on any atom is 0.252 e. The molecule has 4 rings (SSSR count). The topological polar surface area (TPSA) is 46.6 Å². The van der Waals surface area contributed by atoms with Gasteiger partial charge in [-0.05, 0) is 66.8 Å². The number of nitrogens with zero attached hydrogens (tertiary/aromatic N) is 1. The summed E-state index contributed by atoms with van der Waals surface area (Å²) in [5.41, 5.74) is 1.07. The summed E-state index contributed by atoms with van der Waals surface area (Å²) in [4.78, 5) is 0. The fourth-order valence-corrected chi connectivity index (χ4v) is 9.63. The summed E-state index contributed by atoms with van der Waals surface area (Å²) >= 11 is 0. The third-order valence-corrected chi connectivity index (χ3v) is 15.4. The van der Waals surface area contributed by atoms with Gasteiger partial charge in [0.05, 0.1) is 11.8 Å². The third-order valence-electron chi connectivity index (χ3n) is 9.15. The molecule has 31 heavy (non-hydrogen) atoms. The van der Waals surface area contributed by atoms with Crippen molar-refractivity contribution in [3.63, 3.8) is 0 Å². The molecule has 0 radical (unpaired) electrons. The first-order valence-electron chi connectivity index (χ1n) is 11.7. The van der Waals surface area contributed by atoms with Gasteiger partial charge in [-0.2, -0.15) is 0 Å². The minimum atomic E-state index is -3.42. The molecule has 0 aromatic heterocycles. The van der Waals surface area contributed by atoms with Crippen LogP contribution in [0.1, 0.15) is 59.4 Å². The molecule has 2 saturated carbocycles. The van der Waals surface area contributed by atoms with Gasteiger partial charge in [-0.15, -0.1) is 0 Å². The molecule has 3 fully saturated rings. The van der Waals surface area contributed by atoms with Crippen LogP contribution in [-0.2, 0) is 20.9 Å². The lowest BCUT2D eigenvalue weighted by Crippen LogP contribution is -2.46. The highest BCUT2D eigenvalue weighted by Crippen LogP contribution is 2.70. The molecule has 2 bridgehead atoms. The minimum Gasteiger partial charge on any atom is -0.532 e. The average molecular weight is 462 g/mol. The van der Waals surface area contributed by atoms with E-state index in [9.17, 15) is 8.42 Å². The van der Waals surface area contributed by atoms with Crippen molar-refractivity contribution in [2.75, 3.05) is 5.75 Å². The van der Waals surface area contributed by atoms with Crippen LogP contribution in [0.4, 0.5) is 0 Å². The van der Waals surface area contributed by atoms with Gasteiger partial charge in [-0.25, -0.2) is 12.7 Å². The molecular formula is C25H39NO3SSi. The Balaban J connectivity index is 1.76. The summed E-state index contributed by atoms with van der Waals surface area (Å²) in [6, 6.07) is 10.3. The summed E-state index contributed by atoms with van der Waals surface area (Å²) in [5.74, 6) is 1.44. The smallest absolute Gasteiger partial charge is 0.252 e. The van der Waals surface area contributed by atoms with Gasteiger partial charge in [0.1, 0.15) is 0 Å². The van der Waals surface area contributed by atoms with Crippen LogP contribution in [0.3, 0.4) is 0 Å². The highest BCUT2D eigenvalue weighted by Gasteiger charge is 2.72. The molecule has 1 heterocycles. The summed E-state index contributed by atoms with van der Waals surface area (Å²) in [6.45, 7) is 15.6. The lowest BCUT2D eigenvalue weighted by molar-refractivity contribution is 0.107. The van der Waals surface area contributed by atoms with Crippen LogP contribution >= 0.6 is 0 Å². The van der Waals surface area contributed by atoms with E-state index in [1.54, 1.807) is 4.31 Å². The Labute approximate surface area is 190 Å². The molecule has 2 aliphatic carbocycles. The molecule has 1 aromatic carbocycles. The molecule has 6 heteroatoms. The van der Waals surface area contributed by atoms with Crippen LogP contribution in [0, 0.1) is 16.7 Å². The Morgan fingerprint density at radius 1 is 1.23 bits per heavy atom. The number of allylic oxidation sites excluding steroid dienone is 1. The molecule has 1 spiro atoms. The highest BCUT2D eigenvalue weighted by atomic mass is 32.2. The predicted molar refractivity (Wildman–Crippen MR) is 129 cm³/mol. The van der Waals surface area contributed by atoms with E-state index in [0.717, 1.165) is 19.3 Å². The number of hydrogen-bond acceptors (Lipinski definition) is 3. The van der Waals surface area contributed by atoms with Gasteiger partial charge in [0, 0.05) is 5.41 Å². The van der Waals surface area contributed by atoms with Gasteiger partial charge < -0.3 is 4.43 Å². The molecule has 172 valence electrons. The summed E-state index contributed by atoms with van der Waals surface area (Å²) in [7, 11) is -5.63. The second-order valence-electron chi connectivity index (χ2n) is 12.0. The van der Waals surface area contributed by atoms with Gasteiger partial charge in [0.25, 0.3) is 8.32 Å². The minimum absolute atomic E-state index is 0.00599. The zero-order valence-corrected chi connectivity index (χ0v) is 22.1. The summed E-state index contributed by atoms with van der Waals surface area (Å²) in [6.07, 6.45) is 5.82. The van der Waals surface area contributed by atoms with Crippen molar-refractivity contribution in [3.05, 3.63) is 47.9 Å². The quantitative estimate of drug-likeness (QED) is 0.403. The van der Waals surface area contributed by atoms with Crippen LogP contribution in [0.15, 0.2) is 42.3 Å². The standard InChI is InChI=1S/C25H39NO3SSi/c1-23(2,3)31(6,7)29-22(14-13-19-11-9-8-10-12-19)26-21-17-20-15-16-25(21,24(20,4)5)18-30(26,27)28/h8-12,14,20-21H,13,15-18H2,1-7H3/b22-14-/t20-,21-,25-/m0/s1. The van der Waals surface area contributed by atoms with Crippen LogP contribution in [0.25, 0.3) is 0 Å². The second kappa shape index (κ2) is 7.11. The van der Waals surface area contributed by atoms with Gasteiger partial charge in [0.15, 0.2) is 5.88 Å². The van der Waals surface area contributed by atoms with E-state index >= 15 is 0 Å². The molecule has 1 aromatic rings. The molecule has 4 nitrogen and oxygen atoms in total. The number of fused-ring (bicyclic) bond motifs is 1. The summed E-state index contributed by atoms with van der Waals surface area (Å²) < 4.78 is 35.8. The maximum absolute atomic E-state index is 13.7. The third kappa shape index (κ3) is 3.49. The van der Waals surface area contributed by atoms with Crippen LogP contribution in [0.2, 0.25) is 18.1 Å². The van der Waals surface area contributed by atoms with Crippen molar-refractivity contribution in [3.8, 4) is 0 Å². The normalized spacial score (nSPS) is 31.7. The zero-order valence-electron chi connectivity index (χ0n) is 20.2. The lowest BCUT2D eigenvalue weighted by atomic mass is 9.69. The molecule has 0 amide bonds. The molecule has 0 unspecified atom stereocenters. The Morgan fingerprint density at radius 2 is 1.87 bits per heavy atom. The van der Waals surface area contributed by atoms with Gasteiger partial charge in [0.2, 0.25) is 10.0 Å². The first-order valence-corrected chi connectivity index (χ1v) is 16.2. The van der Waals surface area contributed by atoms with Crippen molar-refractivity contribution < 1.29 is 12.8 Å². The first kappa shape index (κ1) is 22.9. The van der Waals surface area contributed by atoms with E-state index in [1.807, 2.05) is 24.3 Å². The van der Waals surface area contributed by atoms with Crippen molar-refractivity contribution in [1.29, 1.82) is 0 Å². The van der Waals surface area contributed by atoms with Crippen molar-refractivity contribution in [2.24, 2.45) is 16.7 Å². The van der Waals surface area contributed by atoms with E-state index in [2.05, 4.69) is 59.8 Å². The summed E-state index contributed by atoms with van der Waals surface area (Å²) in [5, 5.41) is -0.00599. The fraction of sp³-hybridized carbons (Fsp3) is 0.680. The average Bonchev–Trinajstić information content (AvgIpc) is 3.13. The van der Waals surface area contributed by atoms with Gasteiger partial charge >= 0.3 is 0 Å². The van der Waals surface area contributed by atoms with Crippen molar-refractivity contribution >= 4 is 18.3 Å². The van der Waals surface area contributed by atoms with E-state index < -0.39 is 18.3 Å². The van der Waals surface area contributed by atoms with Crippen molar-refractivity contribution in [1.82, 2.24) is 4.31 Å². The Bertz CT molecular complexity index is 978. The Hall–Kier alpha value is -1.27. The van der Waals surface area contributed by atoms with Gasteiger partial charge in [-0.1, -0.05) is 65.0 Å². The number of sulfonamides is 1. The number of rotatable bonds is 5. The van der Waals surface area contributed by atoms with E-state index in [1.165, 1.54) is 5.56 Å². The number of hydrogen-bond donors (Lipinski definition) is 0. The largest absolute Gasteiger partial charge is 0.532 e. The Kier molecular flexibility index (Phi) is 5.25. The van der Waals surface area contributed by atoms with Crippen LogP contribution in [-0.4, -0.2) is 32.8 Å². The van der Waals surface area contributed by atoms with E-state index in [4.69, 9.17) is 4.43 Å². The maximum atomic E-state index is 13.7. The number of benzene rings is 1. The fourth-order valence-electron chi connectivity index (χ4n) is 5.99. The molecular weight excluding hydrogens is 422 g/mol. The second-order valence-corrected chi connectivity index (χ2v) is 18.6. The van der Waals surface area contributed by atoms with Crippen LogP contribution < -0.4 is 0 Å². The van der Waals surface area contributed by atoms with E-state index in [-0.39, 0.29) is 27.7 Å².